The van der Waals surface area contributed by atoms with Crippen LogP contribution in [0, 0.1) is 4.77 Å². The third-order valence-electron chi connectivity index (χ3n) is 3.20. The number of hydrogen-bond acceptors (Lipinski definition) is 3. The van der Waals surface area contributed by atoms with Gasteiger partial charge in [0.25, 0.3) is 11.5 Å². The van der Waals surface area contributed by atoms with Crippen LogP contribution in [0.2, 0.25) is 10.0 Å². The van der Waals surface area contributed by atoms with Gasteiger partial charge in [-0.25, -0.2) is 4.57 Å². The van der Waals surface area contributed by atoms with E-state index in [2.05, 4.69) is 20.9 Å². The fourth-order valence-electron chi connectivity index (χ4n) is 2.18. The third-order valence-corrected chi connectivity index (χ3v) is 4.49. The van der Waals surface area contributed by atoms with E-state index in [0.29, 0.717) is 16.1 Å². The van der Waals surface area contributed by atoms with Crippen molar-refractivity contribution in [3.05, 3.63) is 71.6 Å². The number of aromatic amines is 1. The van der Waals surface area contributed by atoms with Crippen molar-refractivity contribution in [1.29, 1.82) is 0 Å². The van der Waals surface area contributed by atoms with Crippen LogP contribution in [0.4, 0.5) is 0 Å². The number of halogens is 3. The molecule has 0 saturated carbocycles. The topological polar surface area (TPSA) is 54.9 Å². The van der Waals surface area contributed by atoms with E-state index < -0.39 is 11.5 Å². The van der Waals surface area contributed by atoms with E-state index in [1.807, 2.05) is 0 Å². The molecule has 0 aliphatic rings. The van der Waals surface area contributed by atoms with Gasteiger partial charge >= 0.3 is 0 Å². The lowest BCUT2D eigenvalue weighted by Crippen LogP contribution is -2.29. The van der Waals surface area contributed by atoms with Crippen molar-refractivity contribution in [1.82, 2.24) is 9.55 Å². The summed E-state index contributed by atoms with van der Waals surface area (Å²) < 4.78 is 1.58. The lowest BCUT2D eigenvalue weighted by Gasteiger charge is -2.08. The second-order valence-corrected chi connectivity index (χ2v) is 6.84. The molecule has 1 heterocycles. The number of rotatable bonds is 1. The second-order valence-electron chi connectivity index (χ2n) is 4.70. The SMILES string of the molecule is O=C(c1cccc(Br)c1)n1c(=S)[nH]c2c(Cl)cc(Cl)cc2c1=O. The van der Waals surface area contributed by atoms with E-state index in [1.54, 1.807) is 24.3 Å². The van der Waals surface area contributed by atoms with Crippen LogP contribution in [0.5, 0.6) is 0 Å². The highest BCUT2D eigenvalue weighted by Crippen LogP contribution is 2.24. The van der Waals surface area contributed by atoms with Crippen molar-refractivity contribution in [3.8, 4) is 0 Å². The molecule has 0 amide bonds. The molecule has 4 nitrogen and oxygen atoms in total. The van der Waals surface area contributed by atoms with E-state index in [9.17, 15) is 9.59 Å². The summed E-state index contributed by atoms with van der Waals surface area (Å²) in [6.07, 6.45) is 0. The summed E-state index contributed by atoms with van der Waals surface area (Å²) in [6.45, 7) is 0. The molecule has 1 aromatic heterocycles. The summed E-state index contributed by atoms with van der Waals surface area (Å²) in [5.74, 6) is -0.532. The van der Waals surface area contributed by atoms with Crippen molar-refractivity contribution in [3.63, 3.8) is 0 Å². The second kappa shape index (κ2) is 6.20. The van der Waals surface area contributed by atoms with Gasteiger partial charge < -0.3 is 4.98 Å². The van der Waals surface area contributed by atoms with E-state index in [4.69, 9.17) is 35.4 Å². The molecule has 0 atom stereocenters. The maximum absolute atomic E-state index is 12.7. The van der Waals surface area contributed by atoms with Gasteiger partial charge in [0.05, 0.1) is 15.9 Å². The van der Waals surface area contributed by atoms with Crippen LogP contribution in [-0.2, 0) is 0 Å². The van der Waals surface area contributed by atoms with Gasteiger partial charge in [0, 0.05) is 15.1 Å². The highest BCUT2D eigenvalue weighted by Gasteiger charge is 2.16. The van der Waals surface area contributed by atoms with E-state index >= 15 is 0 Å². The lowest BCUT2D eigenvalue weighted by molar-refractivity contribution is 0.0953. The zero-order chi connectivity index (χ0) is 16.7. The average molecular weight is 430 g/mol. The molecule has 3 aromatic rings. The molecule has 0 saturated heterocycles. The van der Waals surface area contributed by atoms with Gasteiger partial charge in [-0.05, 0) is 42.5 Å². The number of benzene rings is 2. The Kier molecular flexibility index (Phi) is 4.42. The Bertz CT molecular complexity index is 1080. The summed E-state index contributed by atoms with van der Waals surface area (Å²) >= 11 is 20.5. The van der Waals surface area contributed by atoms with Crippen molar-refractivity contribution in [2.45, 2.75) is 0 Å². The summed E-state index contributed by atoms with van der Waals surface area (Å²) in [6, 6.07) is 9.63. The number of carbonyl (C=O) groups is 1. The zero-order valence-electron chi connectivity index (χ0n) is 11.3. The van der Waals surface area contributed by atoms with Gasteiger partial charge in [-0.15, -0.1) is 0 Å². The number of nitrogens with zero attached hydrogens (tertiary/aromatic N) is 1. The van der Waals surface area contributed by atoms with Crippen LogP contribution in [0.25, 0.3) is 10.9 Å². The standard InChI is InChI=1S/C15H7BrCl2N2O2S/c16-8-3-1-2-7(4-8)13(21)20-14(22)10-5-9(17)6-11(18)12(10)19-15(20)23/h1-6H,(H,19,23). The van der Waals surface area contributed by atoms with Crippen LogP contribution in [0.3, 0.4) is 0 Å². The van der Waals surface area contributed by atoms with Crippen LogP contribution in [-0.4, -0.2) is 15.5 Å². The van der Waals surface area contributed by atoms with E-state index in [0.717, 1.165) is 9.04 Å². The van der Waals surface area contributed by atoms with E-state index in [1.165, 1.54) is 12.1 Å². The quantitative estimate of drug-likeness (QED) is 0.564. The van der Waals surface area contributed by atoms with Crippen LogP contribution < -0.4 is 5.56 Å². The molecular formula is C15H7BrCl2N2O2S. The fourth-order valence-corrected chi connectivity index (χ4v) is 3.39. The number of carbonyl (C=O) groups excluding carboxylic acids is 1. The Labute approximate surface area is 153 Å². The highest BCUT2D eigenvalue weighted by molar-refractivity contribution is 9.10. The third kappa shape index (κ3) is 2.99. The first-order chi connectivity index (χ1) is 10.9. The summed E-state index contributed by atoms with van der Waals surface area (Å²) in [7, 11) is 0. The van der Waals surface area contributed by atoms with Crippen molar-refractivity contribution < 1.29 is 4.79 Å². The average Bonchev–Trinajstić information content (AvgIpc) is 2.48. The predicted molar refractivity (Wildman–Crippen MR) is 97.3 cm³/mol. The normalized spacial score (nSPS) is 10.9. The predicted octanol–water partition coefficient (Wildman–Crippen LogP) is 4.82. The zero-order valence-corrected chi connectivity index (χ0v) is 15.2. The molecule has 0 unspecified atom stereocenters. The lowest BCUT2D eigenvalue weighted by atomic mass is 10.2. The van der Waals surface area contributed by atoms with Gasteiger partial charge in [0.1, 0.15) is 0 Å². The molecule has 0 aliphatic carbocycles. The number of fused-ring (bicyclic) bond motifs is 1. The molecule has 116 valence electrons. The Morgan fingerprint density at radius 2 is 1.96 bits per heavy atom. The monoisotopic (exact) mass is 428 g/mol. The number of H-pyrrole nitrogens is 1. The number of hydrogen-bond donors (Lipinski definition) is 1. The van der Waals surface area contributed by atoms with Crippen molar-refractivity contribution >= 4 is 68.2 Å². The molecule has 23 heavy (non-hydrogen) atoms. The molecule has 3 rings (SSSR count). The van der Waals surface area contributed by atoms with Gasteiger partial charge in [0.2, 0.25) is 0 Å². The molecule has 0 spiro atoms. The minimum Gasteiger partial charge on any atom is -0.330 e. The largest absolute Gasteiger partial charge is 0.330 e. The van der Waals surface area contributed by atoms with Crippen molar-refractivity contribution in [2.75, 3.05) is 0 Å². The highest BCUT2D eigenvalue weighted by atomic mass is 79.9. The van der Waals surface area contributed by atoms with Crippen LogP contribution >= 0.6 is 51.3 Å². The van der Waals surface area contributed by atoms with Crippen LogP contribution in [0.1, 0.15) is 10.4 Å². The molecule has 0 aliphatic heterocycles. The minimum absolute atomic E-state index is 0.0308. The molecular weight excluding hydrogens is 423 g/mol. The molecule has 0 fully saturated rings. The molecule has 0 radical (unpaired) electrons. The summed E-state index contributed by atoms with van der Waals surface area (Å²) in [4.78, 5) is 28.1. The molecule has 1 N–H and O–H groups in total. The summed E-state index contributed by atoms with van der Waals surface area (Å²) in [5, 5.41) is 0.753. The molecule has 0 bridgehead atoms. The van der Waals surface area contributed by atoms with Crippen molar-refractivity contribution in [2.24, 2.45) is 0 Å². The number of nitrogens with one attached hydrogen (secondary N) is 1. The van der Waals surface area contributed by atoms with E-state index in [-0.39, 0.29) is 15.2 Å². The van der Waals surface area contributed by atoms with Gasteiger partial charge in [0.15, 0.2) is 4.77 Å². The maximum atomic E-state index is 12.7. The maximum Gasteiger partial charge on any atom is 0.269 e. The Hall–Kier alpha value is -1.47. The Balaban J connectivity index is 2.33. The first kappa shape index (κ1) is 16.4. The van der Waals surface area contributed by atoms with Crippen LogP contribution in [0.15, 0.2) is 45.7 Å². The smallest absolute Gasteiger partial charge is 0.269 e. The minimum atomic E-state index is -0.571. The molecule has 8 heteroatoms. The first-order valence-electron chi connectivity index (χ1n) is 6.33. The first-order valence-corrected chi connectivity index (χ1v) is 8.28. The molecule has 2 aromatic carbocycles. The van der Waals surface area contributed by atoms with Gasteiger partial charge in [-0.2, -0.15) is 0 Å². The summed E-state index contributed by atoms with van der Waals surface area (Å²) in [5.41, 5.74) is 0.107. The van der Waals surface area contributed by atoms with Gasteiger partial charge in [-0.1, -0.05) is 45.2 Å². The Morgan fingerprint density at radius 1 is 1.22 bits per heavy atom. The fraction of sp³-hybridized carbons (Fsp3) is 0. The number of aromatic nitrogens is 2. The Morgan fingerprint density at radius 3 is 2.65 bits per heavy atom. The van der Waals surface area contributed by atoms with Gasteiger partial charge in [-0.3, -0.25) is 9.59 Å².